The third-order valence-electron chi connectivity index (χ3n) is 6.44. The second kappa shape index (κ2) is 8.10. The largest absolute Gasteiger partial charge is 0.497 e. The third kappa shape index (κ3) is 4.01. The van der Waals surface area contributed by atoms with Gasteiger partial charge >= 0.3 is 0 Å². The van der Waals surface area contributed by atoms with Gasteiger partial charge in [0.2, 0.25) is 0 Å². The highest BCUT2D eigenvalue weighted by Gasteiger charge is 2.35. The summed E-state index contributed by atoms with van der Waals surface area (Å²) < 4.78 is 5.27. The van der Waals surface area contributed by atoms with Crippen LogP contribution in [0.2, 0.25) is 0 Å². The highest BCUT2D eigenvalue weighted by Crippen LogP contribution is 2.30. The fourth-order valence-electron chi connectivity index (χ4n) is 4.76. The number of fused-ring (bicyclic) bond motifs is 4. The number of piperidine rings is 1. The first-order chi connectivity index (χ1) is 13.5. The highest BCUT2D eigenvalue weighted by atomic mass is 16.5. The Labute approximate surface area is 167 Å². The molecule has 150 valence electrons. The lowest BCUT2D eigenvalue weighted by Crippen LogP contribution is -2.43. The maximum absolute atomic E-state index is 12.3. The van der Waals surface area contributed by atoms with Crippen molar-refractivity contribution in [1.29, 1.82) is 0 Å². The van der Waals surface area contributed by atoms with Crippen molar-refractivity contribution in [3.8, 4) is 5.75 Å². The maximum atomic E-state index is 12.3. The van der Waals surface area contributed by atoms with Crippen molar-refractivity contribution in [2.24, 2.45) is 5.92 Å². The van der Waals surface area contributed by atoms with Crippen LogP contribution in [-0.4, -0.2) is 47.6 Å². The molecule has 0 spiro atoms. The predicted molar refractivity (Wildman–Crippen MR) is 112 cm³/mol. The number of rotatable bonds is 5. The molecule has 0 saturated carbocycles. The summed E-state index contributed by atoms with van der Waals surface area (Å²) in [4.78, 5) is 20.9. The molecule has 3 saturated heterocycles. The quantitative estimate of drug-likeness (QED) is 0.865. The predicted octanol–water partition coefficient (Wildman–Crippen LogP) is 3.10. The number of aromatic nitrogens is 1. The highest BCUT2D eigenvalue weighted by molar-refractivity contribution is 5.27. The maximum Gasteiger partial charge on any atom is 0.187 e. The van der Waals surface area contributed by atoms with E-state index in [1.54, 1.807) is 7.11 Å². The lowest BCUT2D eigenvalue weighted by Gasteiger charge is -2.36. The van der Waals surface area contributed by atoms with Crippen LogP contribution in [0, 0.1) is 19.8 Å². The molecule has 5 heteroatoms. The Balaban J connectivity index is 1.46. The van der Waals surface area contributed by atoms with E-state index in [0.717, 1.165) is 55.3 Å². The van der Waals surface area contributed by atoms with Gasteiger partial charge in [-0.3, -0.25) is 14.6 Å². The van der Waals surface area contributed by atoms with Crippen molar-refractivity contribution in [2.75, 3.05) is 26.7 Å². The lowest BCUT2D eigenvalue weighted by molar-refractivity contribution is 0.121. The number of aryl methyl sites for hydroxylation is 1. The Morgan fingerprint density at radius 1 is 1.07 bits per heavy atom. The lowest BCUT2D eigenvalue weighted by atomic mass is 9.94. The van der Waals surface area contributed by atoms with Gasteiger partial charge in [0, 0.05) is 61.8 Å². The van der Waals surface area contributed by atoms with Gasteiger partial charge in [-0.2, -0.15) is 0 Å². The van der Waals surface area contributed by atoms with E-state index in [0.29, 0.717) is 12.0 Å². The van der Waals surface area contributed by atoms with Gasteiger partial charge in [0.15, 0.2) is 5.43 Å². The van der Waals surface area contributed by atoms with E-state index in [1.165, 1.54) is 18.4 Å². The smallest absolute Gasteiger partial charge is 0.187 e. The first-order valence-electron chi connectivity index (χ1n) is 10.3. The van der Waals surface area contributed by atoms with E-state index < -0.39 is 0 Å². The van der Waals surface area contributed by atoms with E-state index in [9.17, 15) is 4.79 Å². The second-order valence-corrected chi connectivity index (χ2v) is 8.47. The van der Waals surface area contributed by atoms with Gasteiger partial charge in [-0.1, -0.05) is 12.1 Å². The minimum Gasteiger partial charge on any atom is -0.497 e. The minimum absolute atomic E-state index is 0.176. The number of hydrogen-bond acceptors (Lipinski definition) is 4. The summed E-state index contributed by atoms with van der Waals surface area (Å²) in [7, 11) is 1.71. The molecule has 1 aromatic heterocycles. The Bertz CT molecular complexity index is 874. The van der Waals surface area contributed by atoms with Crippen LogP contribution in [0.25, 0.3) is 0 Å². The Hall–Kier alpha value is -2.11. The van der Waals surface area contributed by atoms with Gasteiger partial charge < -0.3 is 9.72 Å². The molecule has 28 heavy (non-hydrogen) atoms. The summed E-state index contributed by atoms with van der Waals surface area (Å²) in [6, 6.07) is 8.99. The summed E-state index contributed by atoms with van der Waals surface area (Å²) in [5, 5.41) is 0. The first kappa shape index (κ1) is 19.2. The summed E-state index contributed by atoms with van der Waals surface area (Å²) in [5.74, 6) is 1.61. The Morgan fingerprint density at radius 2 is 1.86 bits per heavy atom. The van der Waals surface area contributed by atoms with Gasteiger partial charge in [0.1, 0.15) is 5.75 Å². The fourth-order valence-corrected chi connectivity index (χ4v) is 4.76. The van der Waals surface area contributed by atoms with E-state index in [2.05, 4.69) is 26.9 Å². The van der Waals surface area contributed by atoms with Gasteiger partial charge in [-0.15, -0.1) is 0 Å². The van der Waals surface area contributed by atoms with Crippen LogP contribution in [0.1, 0.15) is 35.2 Å². The van der Waals surface area contributed by atoms with Crippen molar-refractivity contribution < 1.29 is 4.74 Å². The molecule has 0 unspecified atom stereocenters. The van der Waals surface area contributed by atoms with Crippen molar-refractivity contribution in [3.05, 3.63) is 63.1 Å². The standard InChI is InChI=1S/C23H31N3O2/c1-16-10-24-22(17(2)23(16)27)15-26-13-19-4-7-20(26)14-25(12-19)11-18-5-8-21(28-3)9-6-18/h5-6,8-10,19-20H,4,7,11-15H2,1-3H3,(H,24,27)/t19-,20+/m0/s1. The normalized spacial score (nSPS) is 23.0. The Kier molecular flexibility index (Phi) is 5.56. The zero-order chi connectivity index (χ0) is 19.7. The molecule has 3 aliphatic heterocycles. The molecule has 0 aliphatic carbocycles. The summed E-state index contributed by atoms with van der Waals surface area (Å²) in [6.45, 7) is 9.04. The molecule has 5 rings (SSSR count). The topological polar surface area (TPSA) is 48.6 Å². The van der Waals surface area contributed by atoms with E-state index in [4.69, 9.17) is 4.74 Å². The number of benzene rings is 1. The molecule has 2 aromatic rings. The van der Waals surface area contributed by atoms with E-state index >= 15 is 0 Å². The van der Waals surface area contributed by atoms with Crippen LogP contribution in [0.4, 0.5) is 0 Å². The minimum atomic E-state index is 0.176. The van der Waals surface area contributed by atoms with Crippen LogP contribution in [0.5, 0.6) is 5.75 Å². The van der Waals surface area contributed by atoms with Crippen LogP contribution in [0.3, 0.4) is 0 Å². The average Bonchev–Trinajstić information content (AvgIpc) is 2.99. The number of hydrogen-bond donors (Lipinski definition) is 1. The zero-order valence-electron chi connectivity index (χ0n) is 17.2. The van der Waals surface area contributed by atoms with Crippen molar-refractivity contribution in [3.63, 3.8) is 0 Å². The van der Waals surface area contributed by atoms with Crippen LogP contribution in [-0.2, 0) is 13.1 Å². The summed E-state index contributed by atoms with van der Waals surface area (Å²) in [5.41, 5.74) is 4.26. The number of methoxy groups -OCH3 is 1. The third-order valence-corrected chi connectivity index (χ3v) is 6.44. The monoisotopic (exact) mass is 381 g/mol. The second-order valence-electron chi connectivity index (χ2n) is 8.47. The molecular weight excluding hydrogens is 350 g/mol. The first-order valence-corrected chi connectivity index (χ1v) is 10.3. The molecule has 5 nitrogen and oxygen atoms in total. The Morgan fingerprint density at radius 3 is 2.61 bits per heavy atom. The molecule has 4 heterocycles. The molecule has 3 aliphatic rings. The number of nitrogens with zero attached hydrogens (tertiary/aromatic N) is 2. The summed E-state index contributed by atoms with van der Waals surface area (Å²) in [6.07, 6.45) is 4.42. The van der Waals surface area contributed by atoms with Crippen LogP contribution >= 0.6 is 0 Å². The summed E-state index contributed by atoms with van der Waals surface area (Å²) >= 11 is 0. The van der Waals surface area contributed by atoms with Crippen LogP contribution in [0.15, 0.2) is 35.3 Å². The molecular formula is C23H31N3O2. The zero-order valence-corrected chi connectivity index (χ0v) is 17.2. The molecule has 1 N–H and O–H groups in total. The SMILES string of the molecule is COc1ccc(CN2C[C@@H]3CC[C@H](C2)N(Cc2[nH]cc(C)c(=O)c2C)C3)cc1. The van der Waals surface area contributed by atoms with Gasteiger partial charge in [-0.25, -0.2) is 0 Å². The van der Waals surface area contributed by atoms with Gasteiger partial charge in [0.05, 0.1) is 7.11 Å². The van der Waals surface area contributed by atoms with E-state index in [1.807, 2.05) is 32.2 Å². The average molecular weight is 382 g/mol. The molecule has 3 fully saturated rings. The number of H-pyrrole nitrogens is 1. The number of ether oxygens (including phenoxy) is 1. The molecule has 2 bridgehead atoms. The fraction of sp³-hybridized carbons (Fsp3) is 0.522. The van der Waals surface area contributed by atoms with Gasteiger partial charge in [-0.05, 0) is 50.3 Å². The van der Waals surface area contributed by atoms with Crippen LogP contribution < -0.4 is 10.2 Å². The number of pyridine rings is 1. The van der Waals surface area contributed by atoms with Crippen molar-refractivity contribution >= 4 is 0 Å². The number of aromatic amines is 1. The van der Waals surface area contributed by atoms with E-state index in [-0.39, 0.29) is 5.43 Å². The molecule has 0 amide bonds. The van der Waals surface area contributed by atoms with Gasteiger partial charge in [0.25, 0.3) is 0 Å². The molecule has 1 aromatic carbocycles. The van der Waals surface area contributed by atoms with Crippen molar-refractivity contribution in [2.45, 2.75) is 45.8 Å². The number of nitrogens with one attached hydrogen (secondary N) is 1. The molecule has 2 atom stereocenters. The molecule has 0 radical (unpaired) electrons. The van der Waals surface area contributed by atoms with Crippen molar-refractivity contribution in [1.82, 2.24) is 14.8 Å².